The van der Waals surface area contributed by atoms with Gasteiger partial charge in [0, 0.05) is 11.6 Å². The van der Waals surface area contributed by atoms with E-state index in [2.05, 4.69) is 15.9 Å². The zero-order chi connectivity index (χ0) is 14.7. The molecule has 2 amide bonds. The summed E-state index contributed by atoms with van der Waals surface area (Å²) in [6.45, 7) is -0.124. The maximum atomic E-state index is 13.5. The standard InChI is InChI=1S/C14H16BrFN2O2/c15-11-6-5-9(7-12(11)16)14(20)18(8-13(17)19)10-3-1-2-4-10/h5-7,10H,1-4,8H2,(H2,17,19). The SMILES string of the molecule is NC(=O)CN(C(=O)c1ccc(Br)c(F)c1)C1CCCC1. The molecule has 2 N–H and O–H groups in total. The summed E-state index contributed by atoms with van der Waals surface area (Å²) in [5, 5.41) is 0. The first-order valence-corrected chi connectivity index (χ1v) is 7.32. The minimum atomic E-state index is -0.553. The molecule has 1 aliphatic carbocycles. The number of carbonyl (C=O) groups is 2. The Bertz CT molecular complexity index is 530. The Hall–Kier alpha value is -1.43. The normalized spacial score (nSPS) is 15.3. The largest absolute Gasteiger partial charge is 0.368 e. The maximum absolute atomic E-state index is 13.5. The van der Waals surface area contributed by atoms with Crippen LogP contribution < -0.4 is 5.73 Å². The van der Waals surface area contributed by atoms with Crippen LogP contribution in [-0.4, -0.2) is 29.3 Å². The highest BCUT2D eigenvalue weighted by Gasteiger charge is 2.28. The van der Waals surface area contributed by atoms with Gasteiger partial charge in [-0.2, -0.15) is 0 Å². The molecule has 1 aromatic carbocycles. The number of primary amides is 1. The molecule has 108 valence electrons. The van der Waals surface area contributed by atoms with Gasteiger partial charge in [-0.1, -0.05) is 12.8 Å². The number of nitrogens with two attached hydrogens (primary N) is 1. The van der Waals surface area contributed by atoms with E-state index in [0.29, 0.717) is 4.47 Å². The number of rotatable bonds is 4. The van der Waals surface area contributed by atoms with Crippen LogP contribution in [0.5, 0.6) is 0 Å². The number of carbonyl (C=O) groups excluding carboxylic acids is 2. The molecule has 20 heavy (non-hydrogen) atoms. The fraction of sp³-hybridized carbons (Fsp3) is 0.429. The molecule has 1 aromatic rings. The van der Waals surface area contributed by atoms with Crippen molar-refractivity contribution in [2.75, 3.05) is 6.54 Å². The van der Waals surface area contributed by atoms with Gasteiger partial charge in [0.2, 0.25) is 5.91 Å². The number of benzene rings is 1. The molecule has 0 radical (unpaired) electrons. The second-order valence-electron chi connectivity index (χ2n) is 4.97. The van der Waals surface area contributed by atoms with E-state index in [0.717, 1.165) is 25.7 Å². The fourth-order valence-electron chi connectivity index (χ4n) is 2.55. The van der Waals surface area contributed by atoms with Crippen molar-refractivity contribution in [1.82, 2.24) is 4.90 Å². The van der Waals surface area contributed by atoms with Crippen LogP contribution in [0.25, 0.3) is 0 Å². The monoisotopic (exact) mass is 342 g/mol. The van der Waals surface area contributed by atoms with Gasteiger partial charge in [0.05, 0.1) is 11.0 Å². The molecule has 0 unspecified atom stereocenters. The van der Waals surface area contributed by atoms with E-state index < -0.39 is 11.7 Å². The third-order valence-corrected chi connectivity index (χ3v) is 4.16. The van der Waals surface area contributed by atoms with Crippen molar-refractivity contribution in [1.29, 1.82) is 0 Å². The molecule has 0 saturated heterocycles. The van der Waals surface area contributed by atoms with Crippen LogP contribution in [0, 0.1) is 5.82 Å². The molecule has 1 fully saturated rings. The quantitative estimate of drug-likeness (QED) is 0.913. The number of amides is 2. The van der Waals surface area contributed by atoms with Gasteiger partial charge in [-0.05, 0) is 47.0 Å². The Morgan fingerprint density at radius 3 is 2.55 bits per heavy atom. The molecule has 0 atom stereocenters. The predicted molar refractivity (Wildman–Crippen MR) is 76.6 cm³/mol. The first kappa shape index (κ1) is 15.0. The number of halogens is 2. The minimum absolute atomic E-state index is 0.0155. The zero-order valence-electron chi connectivity index (χ0n) is 10.9. The Kier molecular flexibility index (Phi) is 4.75. The Morgan fingerprint density at radius 1 is 1.35 bits per heavy atom. The molecule has 6 heteroatoms. The summed E-state index contributed by atoms with van der Waals surface area (Å²) in [5.74, 6) is -1.40. The lowest BCUT2D eigenvalue weighted by molar-refractivity contribution is -0.119. The fourth-order valence-corrected chi connectivity index (χ4v) is 2.79. The van der Waals surface area contributed by atoms with Crippen LogP contribution in [0.3, 0.4) is 0 Å². The van der Waals surface area contributed by atoms with Crippen molar-refractivity contribution in [3.63, 3.8) is 0 Å². The molecular weight excluding hydrogens is 327 g/mol. The van der Waals surface area contributed by atoms with Crippen LogP contribution in [-0.2, 0) is 4.79 Å². The first-order chi connectivity index (χ1) is 9.49. The average molecular weight is 343 g/mol. The van der Waals surface area contributed by atoms with Crippen LogP contribution >= 0.6 is 15.9 Å². The van der Waals surface area contributed by atoms with Crippen LogP contribution in [0.4, 0.5) is 4.39 Å². The van der Waals surface area contributed by atoms with Crippen molar-refractivity contribution in [3.05, 3.63) is 34.1 Å². The van der Waals surface area contributed by atoms with Crippen molar-refractivity contribution >= 4 is 27.7 Å². The summed E-state index contributed by atoms with van der Waals surface area (Å²) in [5.41, 5.74) is 5.45. The van der Waals surface area contributed by atoms with Gasteiger partial charge in [-0.25, -0.2) is 4.39 Å². The Labute approximate surface area is 125 Å². The molecule has 0 bridgehead atoms. The molecule has 1 aliphatic rings. The molecule has 1 saturated carbocycles. The second-order valence-corrected chi connectivity index (χ2v) is 5.82. The van der Waals surface area contributed by atoms with Crippen molar-refractivity contribution < 1.29 is 14.0 Å². The third kappa shape index (κ3) is 3.36. The van der Waals surface area contributed by atoms with Crippen molar-refractivity contribution in [2.24, 2.45) is 5.73 Å². The average Bonchev–Trinajstić information content (AvgIpc) is 2.92. The van der Waals surface area contributed by atoms with E-state index in [1.54, 1.807) is 6.07 Å². The van der Waals surface area contributed by atoms with Gasteiger partial charge < -0.3 is 10.6 Å². The van der Waals surface area contributed by atoms with Gasteiger partial charge in [0.1, 0.15) is 5.82 Å². The number of hydrogen-bond acceptors (Lipinski definition) is 2. The van der Waals surface area contributed by atoms with E-state index in [1.165, 1.54) is 17.0 Å². The smallest absolute Gasteiger partial charge is 0.254 e. The van der Waals surface area contributed by atoms with Crippen LogP contribution in [0.2, 0.25) is 0 Å². The van der Waals surface area contributed by atoms with Crippen LogP contribution in [0.1, 0.15) is 36.0 Å². The van der Waals surface area contributed by atoms with Crippen LogP contribution in [0.15, 0.2) is 22.7 Å². The molecule has 0 spiro atoms. The highest BCUT2D eigenvalue weighted by atomic mass is 79.9. The summed E-state index contributed by atoms with van der Waals surface area (Å²) >= 11 is 3.05. The molecule has 4 nitrogen and oxygen atoms in total. The van der Waals surface area contributed by atoms with E-state index in [9.17, 15) is 14.0 Å². The van der Waals surface area contributed by atoms with Gasteiger partial charge in [-0.15, -0.1) is 0 Å². The Morgan fingerprint density at radius 2 is 2.00 bits per heavy atom. The lowest BCUT2D eigenvalue weighted by atomic mass is 10.1. The third-order valence-electron chi connectivity index (χ3n) is 3.52. The Balaban J connectivity index is 2.24. The minimum Gasteiger partial charge on any atom is -0.368 e. The summed E-state index contributed by atoms with van der Waals surface area (Å²) < 4.78 is 13.8. The summed E-state index contributed by atoms with van der Waals surface area (Å²) in [6, 6.07) is 4.22. The molecule has 0 aromatic heterocycles. The topological polar surface area (TPSA) is 63.4 Å². The van der Waals surface area contributed by atoms with Crippen molar-refractivity contribution in [3.8, 4) is 0 Å². The van der Waals surface area contributed by atoms with Crippen molar-refractivity contribution in [2.45, 2.75) is 31.7 Å². The van der Waals surface area contributed by atoms with Gasteiger partial charge in [0.15, 0.2) is 0 Å². The molecule has 0 heterocycles. The lowest BCUT2D eigenvalue weighted by Crippen LogP contribution is -2.44. The summed E-state index contributed by atoms with van der Waals surface area (Å²) in [7, 11) is 0. The van der Waals surface area contributed by atoms with E-state index in [-0.39, 0.29) is 24.1 Å². The predicted octanol–water partition coefficient (Wildman–Crippen LogP) is 2.46. The summed E-state index contributed by atoms with van der Waals surface area (Å²) in [4.78, 5) is 25.1. The first-order valence-electron chi connectivity index (χ1n) is 6.53. The van der Waals surface area contributed by atoms with Gasteiger partial charge in [0.25, 0.3) is 5.91 Å². The molecule has 2 rings (SSSR count). The molecular formula is C14H16BrFN2O2. The highest BCUT2D eigenvalue weighted by Crippen LogP contribution is 2.25. The molecule has 0 aliphatic heterocycles. The second kappa shape index (κ2) is 6.35. The van der Waals surface area contributed by atoms with Gasteiger partial charge in [-0.3, -0.25) is 9.59 Å². The number of hydrogen-bond donors (Lipinski definition) is 1. The van der Waals surface area contributed by atoms with E-state index >= 15 is 0 Å². The van der Waals surface area contributed by atoms with E-state index in [4.69, 9.17) is 5.73 Å². The number of nitrogens with zero attached hydrogens (tertiary/aromatic N) is 1. The maximum Gasteiger partial charge on any atom is 0.254 e. The summed E-state index contributed by atoms with van der Waals surface area (Å²) in [6.07, 6.45) is 3.78. The zero-order valence-corrected chi connectivity index (χ0v) is 12.5. The van der Waals surface area contributed by atoms with Gasteiger partial charge >= 0.3 is 0 Å². The van der Waals surface area contributed by atoms with E-state index in [1.807, 2.05) is 0 Å². The lowest BCUT2D eigenvalue weighted by Gasteiger charge is -2.27. The highest BCUT2D eigenvalue weighted by molar-refractivity contribution is 9.10.